The SMILES string of the molecule is c1ccc2cc(-n3cc(COc4ccnc5ccccc45)nn3)ccc2c1. The molecule has 0 amide bonds. The first-order valence-electron chi connectivity index (χ1n) is 8.74. The second kappa shape index (κ2) is 6.53. The molecular formula is C22H16N4O. The van der Waals surface area contributed by atoms with E-state index in [1.807, 2.05) is 54.7 Å². The van der Waals surface area contributed by atoms with Gasteiger partial charge in [-0.1, -0.05) is 47.7 Å². The second-order valence-corrected chi connectivity index (χ2v) is 6.30. The molecule has 130 valence electrons. The Morgan fingerprint density at radius 1 is 0.852 bits per heavy atom. The highest BCUT2D eigenvalue weighted by Crippen LogP contribution is 2.24. The number of pyridine rings is 1. The molecule has 0 unspecified atom stereocenters. The van der Waals surface area contributed by atoms with Gasteiger partial charge in [-0.25, -0.2) is 4.68 Å². The molecule has 0 aliphatic rings. The van der Waals surface area contributed by atoms with E-state index in [0.29, 0.717) is 6.61 Å². The van der Waals surface area contributed by atoms with Gasteiger partial charge in [0.25, 0.3) is 0 Å². The maximum atomic E-state index is 5.97. The van der Waals surface area contributed by atoms with Crippen LogP contribution in [0.15, 0.2) is 85.2 Å². The minimum atomic E-state index is 0.349. The minimum Gasteiger partial charge on any atom is -0.486 e. The molecule has 2 heterocycles. The number of para-hydroxylation sites is 1. The van der Waals surface area contributed by atoms with Crippen LogP contribution in [-0.2, 0) is 6.61 Å². The molecule has 0 aliphatic carbocycles. The average molecular weight is 352 g/mol. The summed E-state index contributed by atoms with van der Waals surface area (Å²) in [6, 6.07) is 24.3. The molecule has 5 nitrogen and oxygen atoms in total. The van der Waals surface area contributed by atoms with E-state index < -0.39 is 0 Å². The van der Waals surface area contributed by atoms with E-state index in [4.69, 9.17) is 4.74 Å². The average Bonchev–Trinajstić information content (AvgIpc) is 3.21. The van der Waals surface area contributed by atoms with E-state index in [9.17, 15) is 0 Å². The van der Waals surface area contributed by atoms with Crippen molar-refractivity contribution in [1.82, 2.24) is 20.0 Å². The molecule has 0 fully saturated rings. The van der Waals surface area contributed by atoms with Crippen LogP contribution in [0.1, 0.15) is 5.69 Å². The van der Waals surface area contributed by atoms with Gasteiger partial charge in [0.1, 0.15) is 18.1 Å². The van der Waals surface area contributed by atoms with Crippen molar-refractivity contribution in [3.05, 3.63) is 90.9 Å². The fourth-order valence-electron chi connectivity index (χ4n) is 3.16. The predicted molar refractivity (Wildman–Crippen MR) is 105 cm³/mol. The number of hydrogen-bond acceptors (Lipinski definition) is 4. The van der Waals surface area contributed by atoms with E-state index in [1.54, 1.807) is 10.9 Å². The zero-order valence-electron chi connectivity index (χ0n) is 14.5. The van der Waals surface area contributed by atoms with Crippen LogP contribution in [0, 0.1) is 0 Å². The molecule has 0 atom stereocenters. The second-order valence-electron chi connectivity index (χ2n) is 6.30. The Morgan fingerprint density at radius 3 is 2.67 bits per heavy atom. The highest BCUT2D eigenvalue weighted by Gasteiger charge is 2.07. The summed E-state index contributed by atoms with van der Waals surface area (Å²) in [7, 11) is 0. The Labute approximate surface area is 155 Å². The number of hydrogen-bond donors (Lipinski definition) is 0. The quantitative estimate of drug-likeness (QED) is 0.476. The maximum absolute atomic E-state index is 5.97. The van der Waals surface area contributed by atoms with Crippen molar-refractivity contribution < 1.29 is 4.74 Å². The smallest absolute Gasteiger partial charge is 0.134 e. The van der Waals surface area contributed by atoms with E-state index in [1.165, 1.54) is 10.8 Å². The van der Waals surface area contributed by atoms with Gasteiger partial charge >= 0.3 is 0 Å². The number of fused-ring (bicyclic) bond motifs is 2. The van der Waals surface area contributed by atoms with Crippen molar-refractivity contribution in [2.75, 3.05) is 0 Å². The molecule has 0 radical (unpaired) electrons. The number of aromatic nitrogens is 4. The third-order valence-electron chi connectivity index (χ3n) is 4.52. The monoisotopic (exact) mass is 352 g/mol. The minimum absolute atomic E-state index is 0.349. The Morgan fingerprint density at radius 2 is 1.70 bits per heavy atom. The Balaban J connectivity index is 1.38. The zero-order chi connectivity index (χ0) is 18.1. The lowest BCUT2D eigenvalue weighted by Crippen LogP contribution is -1.97. The molecule has 0 saturated heterocycles. The number of nitrogens with zero attached hydrogens (tertiary/aromatic N) is 4. The fraction of sp³-hybridized carbons (Fsp3) is 0.0455. The largest absolute Gasteiger partial charge is 0.486 e. The van der Waals surface area contributed by atoms with Crippen LogP contribution >= 0.6 is 0 Å². The van der Waals surface area contributed by atoms with Crippen molar-refractivity contribution in [2.45, 2.75) is 6.61 Å². The lowest BCUT2D eigenvalue weighted by atomic mass is 10.1. The molecular weight excluding hydrogens is 336 g/mol. The van der Waals surface area contributed by atoms with Gasteiger partial charge in [0.15, 0.2) is 0 Å². The molecule has 3 aromatic carbocycles. The van der Waals surface area contributed by atoms with Gasteiger partial charge in [-0.15, -0.1) is 5.10 Å². The highest BCUT2D eigenvalue weighted by molar-refractivity contribution is 5.85. The van der Waals surface area contributed by atoms with Crippen molar-refractivity contribution in [2.24, 2.45) is 0 Å². The molecule has 0 bridgehead atoms. The van der Waals surface area contributed by atoms with Gasteiger partial charge in [0.05, 0.1) is 17.4 Å². The summed E-state index contributed by atoms with van der Waals surface area (Å²) >= 11 is 0. The summed E-state index contributed by atoms with van der Waals surface area (Å²) in [5, 5.41) is 11.8. The fourth-order valence-corrected chi connectivity index (χ4v) is 3.16. The molecule has 5 rings (SSSR count). The summed E-state index contributed by atoms with van der Waals surface area (Å²) in [4.78, 5) is 4.35. The van der Waals surface area contributed by atoms with Crippen LogP contribution in [0.4, 0.5) is 0 Å². The first-order chi connectivity index (χ1) is 13.4. The van der Waals surface area contributed by atoms with Crippen molar-refractivity contribution in [3.8, 4) is 11.4 Å². The third-order valence-corrected chi connectivity index (χ3v) is 4.52. The van der Waals surface area contributed by atoms with Crippen LogP contribution in [-0.4, -0.2) is 20.0 Å². The lowest BCUT2D eigenvalue weighted by Gasteiger charge is -2.07. The van der Waals surface area contributed by atoms with Crippen molar-refractivity contribution >= 4 is 21.7 Å². The Kier molecular flexibility index (Phi) is 3.76. The zero-order valence-corrected chi connectivity index (χ0v) is 14.5. The van der Waals surface area contributed by atoms with Gasteiger partial charge in [-0.2, -0.15) is 0 Å². The third kappa shape index (κ3) is 3.00. The number of rotatable bonds is 4. The molecule has 2 aromatic heterocycles. The normalized spacial score (nSPS) is 11.1. The summed E-state index contributed by atoms with van der Waals surface area (Å²) in [6.07, 6.45) is 3.65. The molecule has 5 heteroatoms. The summed E-state index contributed by atoms with van der Waals surface area (Å²) in [5.74, 6) is 0.792. The van der Waals surface area contributed by atoms with Gasteiger partial charge in [0, 0.05) is 11.6 Å². The topological polar surface area (TPSA) is 52.8 Å². The van der Waals surface area contributed by atoms with Gasteiger partial charge in [-0.3, -0.25) is 4.98 Å². The molecule has 0 saturated carbocycles. The van der Waals surface area contributed by atoms with E-state index in [2.05, 4.69) is 39.6 Å². The van der Waals surface area contributed by atoms with Gasteiger partial charge in [0.2, 0.25) is 0 Å². The first-order valence-corrected chi connectivity index (χ1v) is 8.74. The molecule has 0 N–H and O–H groups in total. The van der Waals surface area contributed by atoms with Crippen molar-refractivity contribution in [3.63, 3.8) is 0 Å². The highest BCUT2D eigenvalue weighted by atomic mass is 16.5. The van der Waals surface area contributed by atoms with E-state index >= 15 is 0 Å². The van der Waals surface area contributed by atoms with Crippen LogP contribution in [0.2, 0.25) is 0 Å². The Hall–Kier alpha value is -3.73. The number of benzene rings is 3. The van der Waals surface area contributed by atoms with Gasteiger partial charge < -0.3 is 4.74 Å². The molecule has 27 heavy (non-hydrogen) atoms. The molecule has 0 spiro atoms. The standard InChI is InChI=1S/C22H16N4O/c1-2-6-17-13-19(10-9-16(17)5-1)26-14-18(24-25-26)15-27-22-11-12-23-21-8-4-3-7-20(21)22/h1-14H,15H2. The lowest BCUT2D eigenvalue weighted by molar-refractivity contribution is 0.304. The van der Waals surface area contributed by atoms with E-state index in [0.717, 1.165) is 28.0 Å². The van der Waals surface area contributed by atoms with E-state index in [-0.39, 0.29) is 0 Å². The summed E-state index contributed by atoms with van der Waals surface area (Å²) < 4.78 is 7.74. The van der Waals surface area contributed by atoms with Crippen molar-refractivity contribution in [1.29, 1.82) is 0 Å². The van der Waals surface area contributed by atoms with Crippen LogP contribution in [0.5, 0.6) is 5.75 Å². The predicted octanol–water partition coefficient (Wildman–Crippen LogP) is 4.55. The molecule has 5 aromatic rings. The maximum Gasteiger partial charge on any atom is 0.134 e. The van der Waals surface area contributed by atoms with Crippen LogP contribution in [0.25, 0.3) is 27.4 Å². The molecule has 0 aliphatic heterocycles. The van der Waals surface area contributed by atoms with Crippen LogP contribution < -0.4 is 4.74 Å². The first kappa shape index (κ1) is 15.5. The van der Waals surface area contributed by atoms with Gasteiger partial charge in [-0.05, 0) is 41.1 Å². The summed E-state index contributed by atoms with van der Waals surface area (Å²) in [5.41, 5.74) is 2.65. The number of ether oxygens (including phenoxy) is 1. The summed E-state index contributed by atoms with van der Waals surface area (Å²) in [6.45, 7) is 0.349. The van der Waals surface area contributed by atoms with Crippen LogP contribution in [0.3, 0.4) is 0 Å². The Bertz CT molecular complexity index is 1240.